The lowest BCUT2D eigenvalue weighted by Gasteiger charge is -2.23. The minimum atomic E-state index is -0.758. The molecule has 1 aromatic carbocycles. The lowest BCUT2D eigenvalue weighted by atomic mass is 10.1. The SMILES string of the molecule is COC(=O)C(C)(C)NCc1ccc2cccc(OC)c2n1. The van der Waals surface area contributed by atoms with E-state index >= 15 is 0 Å². The number of pyridine rings is 1. The van der Waals surface area contributed by atoms with Crippen molar-refractivity contribution in [3.05, 3.63) is 36.0 Å². The van der Waals surface area contributed by atoms with Crippen LogP contribution in [0.25, 0.3) is 10.9 Å². The van der Waals surface area contributed by atoms with Crippen LogP contribution in [0.3, 0.4) is 0 Å². The number of nitrogens with one attached hydrogen (secondary N) is 1. The van der Waals surface area contributed by atoms with Crippen molar-refractivity contribution >= 4 is 16.9 Å². The van der Waals surface area contributed by atoms with Gasteiger partial charge in [-0.25, -0.2) is 4.98 Å². The normalized spacial score (nSPS) is 11.4. The number of carbonyl (C=O) groups excluding carboxylic acids is 1. The lowest BCUT2D eigenvalue weighted by Crippen LogP contribution is -2.47. The van der Waals surface area contributed by atoms with E-state index in [0.717, 1.165) is 22.3 Å². The Morgan fingerprint density at radius 1 is 1.24 bits per heavy atom. The maximum atomic E-state index is 11.6. The largest absolute Gasteiger partial charge is 0.494 e. The molecule has 0 radical (unpaired) electrons. The summed E-state index contributed by atoms with van der Waals surface area (Å²) in [7, 11) is 3.01. The molecule has 0 amide bonds. The number of methoxy groups -OCH3 is 2. The van der Waals surface area contributed by atoms with Crippen molar-refractivity contribution in [2.75, 3.05) is 14.2 Å². The zero-order chi connectivity index (χ0) is 15.5. The van der Waals surface area contributed by atoms with Crippen LogP contribution in [0.5, 0.6) is 5.75 Å². The average Bonchev–Trinajstić information content (AvgIpc) is 2.51. The molecule has 112 valence electrons. The highest BCUT2D eigenvalue weighted by Gasteiger charge is 2.27. The van der Waals surface area contributed by atoms with Gasteiger partial charge in [-0.3, -0.25) is 10.1 Å². The van der Waals surface area contributed by atoms with E-state index < -0.39 is 5.54 Å². The van der Waals surface area contributed by atoms with Crippen molar-refractivity contribution < 1.29 is 14.3 Å². The molecule has 0 aliphatic carbocycles. The van der Waals surface area contributed by atoms with E-state index in [4.69, 9.17) is 9.47 Å². The van der Waals surface area contributed by atoms with Crippen LogP contribution >= 0.6 is 0 Å². The summed E-state index contributed by atoms with van der Waals surface area (Å²) < 4.78 is 10.1. The second kappa shape index (κ2) is 6.10. The Balaban J connectivity index is 2.22. The van der Waals surface area contributed by atoms with Crippen molar-refractivity contribution in [3.63, 3.8) is 0 Å². The van der Waals surface area contributed by atoms with E-state index in [0.29, 0.717) is 6.54 Å². The second-order valence-corrected chi connectivity index (χ2v) is 5.30. The van der Waals surface area contributed by atoms with Crippen LogP contribution in [0.1, 0.15) is 19.5 Å². The summed E-state index contributed by atoms with van der Waals surface area (Å²) in [6.45, 7) is 4.02. The monoisotopic (exact) mass is 288 g/mol. The van der Waals surface area contributed by atoms with Gasteiger partial charge in [-0.2, -0.15) is 0 Å². The van der Waals surface area contributed by atoms with Crippen molar-refractivity contribution in [2.45, 2.75) is 25.9 Å². The Kier molecular flexibility index (Phi) is 4.43. The number of ether oxygens (including phenoxy) is 2. The quantitative estimate of drug-likeness (QED) is 0.855. The fourth-order valence-corrected chi connectivity index (χ4v) is 2.06. The topological polar surface area (TPSA) is 60.5 Å². The number of benzene rings is 1. The number of hydrogen-bond acceptors (Lipinski definition) is 5. The average molecular weight is 288 g/mol. The van der Waals surface area contributed by atoms with Crippen LogP contribution in [-0.2, 0) is 16.1 Å². The molecule has 0 atom stereocenters. The summed E-state index contributed by atoms with van der Waals surface area (Å²) in [5, 5.41) is 4.17. The number of esters is 1. The summed E-state index contributed by atoms with van der Waals surface area (Å²) >= 11 is 0. The number of hydrogen-bond donors (Lipinski definition) is 1. The molecular formula is C16H20N2O3. The summed E-state index contributed by atoms with van der Waals surface area (Å²) in [5.74, 6) is 0.433. The van der Waals surface area contributed by atoms with E-state index in [1.165, 1.54) is 7.11 Å². The van der Waals surface area contributed by atoms with Gasteiger partial charge in [0.25, 0.3) is 0 Å². The fraction of sp³-hybridized carbons (Fsp3) is 0.375. The molecule has 0 bridgehead atoms. The molecule has 5 heteroatoms. The Hall–Kier alpha value is -2.14. The molecule has 2 aromatic rings. The van der Waals surface area contributed by atoms with Gasteiger partial charge in [0.1, 0.15) is 16.8 Å². The van der Waals surface area contributed by atoms with Gasteiger partial charge in [0.15, 0.2) is 0 Å². The first kappa shape index (κ1) is 15.3. The minimum Gasteiger partial charge on any atom is -0.494 e. The first-order valence-electron chi connectivity index (χ1n) is 6.74. The molecule has 0 fully saturated rings. The predicted molar refractivity (Wildman–Crippen MR) is 81.2 cm³/mol. The van der Waals surface area contributed by atoms with Crippen molar-refractivity contribution in [3.8, 4) is 5.75 Å². The zero-order valence-electron chi connectivity index (χ0n) is 12.8. The molecule has 1 N–H and O–H groups in total. The number of para-hydroxylation sites is 1. The minimum absolute atomic E-state index is 0.305. The number of rotatable bonds is 5. The molecule has 1 aromatic heterocycles. The van der Waals surface area contributed by atoms with Gasteiger partial charge in [-0.1, -0.05) is 18.2 Å². The third kappa shape index (κ3) is 3.31. The molecule has 0 spiro atoms. The van der Waals surface area contributed by atoms with Gasteiger partial charge >= 0.3 is 5.97 Å². The Morgan fingerprint density at radius 3 is 2.67 bits per heavy atom. The number of nitrogens with zero attached hydrogens (tertiary/aromatic N) is 1. The van der Waals surface area contributed by atoms with Gasteiger partial charge in [0.05, 0.1) is 19.9 Å². The Bertz CT molecular complexity index is 653. The Labute approximate surface area is 124 Å². The van der Waals surface area contributed by atoms with Crippen LogP contribution in [0.15, 0.2) is 30.3 Å². The highest BCUT2D eigenvalue weighted by atomic mass is 16.5. The van der Waals surface area contributed by atoms with Gasteiger partial charge in [-0.15, -0.1) is 0 Å². The first-order valence-corrected chi connectivity index (χ1v) is 6.74. The number of fused-ring (bicyclic) bond motifs is 1. The highest BCUT2D eigenvalue weighted by molar-refractivity contribution is 5.84. The van der Waals surface area contributed by atoms with Crippen molar-refractivity contribution in [1.82, 2.24) is 10.3 Å². The highest BCUT2D eigenvalue weighted by Crippen LogP contribution is 2.23. The van der Waals surface area contributed by atoms with Gasteiger partial charge in [0.2, 0.25) is 0 Å². The van der Waals surface area contributed by atoms with Crippen LogP contribution in [0.4, 0.5) is 0 Å². The zero-order valence-corrected chi connectivity index (χ0v) is 12.8. The molecule has 0 saturated carbocycles. The first-order chi connectivity index (χ1) is 9.97. The summed E-state index contributed by atoms with van der Waals surface area (Å²) in [6, 6.07) is 9.72. The molecule has 0 saturated heterocycles. The van der Waals surface area contributed by atoms with E-state index in [-0.39, 0.29) is 5.97 Å². The molecular weight excluding hydrogens is 268 g/mol. The van der Waals surface area contributed by atoms with Crippen molar-refractivity contribution in [1.29, 1.82) is 0 Å². The van der Waals surface area contributed by atoms with E-state index in [1.54, 1.807) is 21.0 Å². The summed E-state index contributed by atoms with van der Waals surface area (Å²) in [6.07, 6.45) is 0. The standard InChI is InChI=1S/C16H20N2O3/c1-16(2,15(19)21-4)17-10-12-9-8-11-6-5-7-13(20-3)14(11)18-12/h5-9,17H,10H2,1-4H3. The fourth-order valence-electron chi connectivity index (χ4n) is 2.06. The van der Waals surface area contributed by atoms with Gasteiger partial charge in [-0.05, 0) is 26.0 Å². The maximum Gasteiger partial charge on any atom is 0.325 e. The predicted octanol–water partition coefficient (Wildman–Crippen LogP) is 2.28. The van der Waals surface area contributed by atoms with Gasteiger partial charge < -0.3 is 9.47 Å². The van der Waals surface area contributed by atoms with Gasteiger partial charge in [0, 0.05) is 11.9 Å². The lowest BCUT2D eigenvalue weighted by molar-refractivity contribution is -0.147. The molecule has 0 unspecified atom stereocenters. The Morgan fingerprint density at radius 2 is 2.00 bits per heavy atom. The van der Waals surface area contributed by atoms with E-state index in [2.05, 4.69) is 10.3 Å². The van der Waals surface area contributed by atoms with E-state index in [1.807, 2.05) is 30.3 Å². The van der Waals surface area contributed by atoms with E-state index in [9.17, 15) is 4.79 Å². The number of aromatic nitrogens is 1. The maximum absolute atomic E-state index is 11.6. The summed E-state index contributed by atoms with van der Waals surface area (Å²) in [4.78, 5) is 16.2. The second-order valence-electron chi connectivity index (χ2n) is 5.30. The molecule has 21 heavy (non-hydrogen) atoms. The molecule has 0 aliphatic rings. The van der Waals surface area contributed by atoms with Crippen molar-refractivity contribution in [2.24, 2.45) is 0 Å². The molecule has 5 nitrogen and oxygen atoms in total. The van der Waals surface area contributed by atoms with Crippen LogP contribution in [0, 0.1) is 0 Å². The molecule has 2 rings (SSSR count). The third-order valence-electron chi connectivity index (χ3n) is 3.37. The summed E-state index contributed by atoms with van der Waals surface area (Å²) in [5.41, 5.74) is 0.894. The van der Waals surface area contributed by atoms with Crippen LogP contribution in [0.2, 0.25) is 0 Å². The smallest absolute Gasteiger partial charge is 0.325 e. The molecule has 0 aliphatic heterocycles. The van der Waals surface area contributed by atoms with Crippen LogP contribution < -0.4 is 10.1 Å². The molecule has 1 heterocycles. The number of carbonyl (C=O) groups is 1. The third-order valence-corrected chi connectivity index (χ3v) is 3.37. The van der Waals surface area contributed by atoms with Crippen LogP contribution in [-0.4, -0.2) is 30.7 Å².